The molecule has 182 valence electrons. The Bertz CT molecular complexity index is 1250. The van der Waals surface area contributed by atoms with Gasteiger partial charge in [-0.25, -0.2) is 0 Å². The van der Waals surface area contributed by atoms with Crippen LogP contribution in [0.5, 0.6) is 0 Å². The predicted molar refractivity (Wildman–Crippen MR) is 144 cm³/mol. The van der Waals surface area contributed by atoms with Gasteiger partial charge in [0.2, 0.25) is 0 Å². The van der Waals surface area contributed by atoms with Gasteiger partial charge in [-0.15, -0.1) is 42.0 Å². The largest absolute Gasteiger partial charge is 3.00 e. The minimum Gasteiger partial charge on any atom is -0.499 e. The molecule has 0 spiro atoms. The standard InChI is InChI=1S/C20H21N3.C11H8N.Ir/c1-21-16-10-5-6-11-17(16)23-14-22(15-8-3-2-4-9-15)19-13-7-12-18(21)20(19)23;1-2-6-10(7-3-1)11-8-4-5-9-12-11;/h5-7,10,12-15H,2-4,8-9H2,1H3;1-6,8-9H;/q-2;-1;+3. The molecule has 0 N–H and O–H groups in total. The van der Waals surface area contributed by atoms with Gasteiger partial charge in [0, 0.05) is 17.9 Å². The van der Waals surface area contributed by atoms with Gasteiger partial charge in [-0.05, 0) is 49.5 Å². The van der Waals surface area contributed by atoms with E-state index in [-0.39, 0.29) is 20.1 Å². The fourth-order valence-corrected chi connectivity index (χ4v) is 5.40. The van der Waals surface area contributed by atoms with Crippen LogP contribution in [0, 0.1) is 18.8 Å². The first-order chi connectivity index (χ1) is 17.3. The molecular weight excluding hydrogens is 621 g/mol. The van der Waals surface area contributed by atoms with Crippen LogP contribution in [-0.2, 0) is 20.1 Å². The fraction of sp³-hybridized carbons (Fsp3) is 0.226. The molecule has 1 aromatic heterocycles. The van der Waals surface area contributed by atoms with Crippen molar-refractivity contribution in [1.29, 1.82) is 0 Å². The minimum absolute atomic E-state index is 0. The van der Waals surface area contributed by atoms with Crippen molar-refractivity contribution >= 4 is 28.4 Å². The number of anilines is 5. The van der Waals surface area contributed by atoms with Gasteiger partial charge < -0.3 is 19.7 Å². The van der Waals surface area contributed by atoms with Crippen molar-refractivity contribution in [3.05, 3.63) is 104 Å². The maximum absolute atomic E-state index is 4.22. The summed E-state index contributed by atoms with van der Waals surface area (Å²) in [7, 11) is 2.16. The van der Waals surface area contributed by atoms with Gasteiger partial charge in [-0.1, -0.05) is 43.1 Å². The van der Waals surface area contributed by atoms with Gasteiger partial charge in [-0.3, -0.25) is 0 Å². The molecule has 7 rings (SSSR count). The van der Waals surface area contributed by atoms with Gasteiger partial charge in [0.05, 0.1) is 11.4 Å². The van der Waals surface area contributed by atoms with Crippen LogP contribution in [0.4, 0.5) is 28.4 Å². The van der Waals surface area contributed by atoms with E-state index in [1.807, 2.05) is 48.5 Å². The Kier molecular flexibility index (Phi) is 7.40. The Hall–Kier alpha value is -3.14. The molecule has 0 amide bonds. The molecule has 0 bridgehead atoms. The summed E-state index contributed by atoms with van der Waals surface area (Å²) in [5.41, 5.74) is 8.34. The second kappa shape index (κ2) is 10.9. The van der Waals surface area contributed by atoms with Crippen LogP contribution in [0.1, 0.15) is 32.1 Å². The average molecular weight is 650 g/mol. The maximum Gasteiger partial charge on any atom is 3.00 e. The second-order valence-corrected chi connectivity index (χ2v) is 9.28. The second-order valence-electron chi connectivity index (χ2n) is 9.28. The Morgan fingerprint density at radius 1 is 0.806 bits per heavy atom. The number of hydrogen-bond donors (Lipinski definition) is 0. The van der Waals surface area contributed by atoms with E-state index < -0.39 is 0 Å². The smallest absolute Gasteiger partial charge is 0.499 e. The van der Waals surface area contributed by atoms with Gasteiger partial charge in [-0.2, -0.15) is 24.9 Å². The average Bonchev–Trinajstić information content (AvgIpc) is 3.34. The first-order valence-electron chi connectivity index (χ1n) is 12.5. The minimum atomic E-state index is 0. The summed E-state index contributed by atoms with van der Waals surface area (Å²) in [6.45, 7) is 2.31. The summed E-state index contributed by atoms with van der Waals surface area (Å²) in [5.74, 6) is 0. The van der Waals surface area contributed by atoms with Crippen molar-refractivity contribution in [2.45, 2.75) is 38.1 Å². The predicted octanol–water partition coefficient (Wildman–Crippen LogP) is 7.52. The Balaban J connectivity index is 0.000000175. The van der Waals surface area contributed by atoms with E-state index in [1.165, 1.54) is 54.9 Å². The Morgan fingerprint density at radius 2 is 1.58 bits per heavy atom. The third kappa shape index (κ3) is 4.54. The van der Waals surface area contributed by atoms with Gasteiger partial charge in [0.1, 0.15) is 0 Å². The van der Waals surface area contributed by atoms with Crippen LogP contribution < -0.4 is 14.7 Å². The molecule has 3 aliphatic rings. The topological polar surface area (TPSA) is 22.6 Å². The number of hydrogen-bond acceptors (Lipinski definition) is 4. The maximum atomic E-state index is 4.22. The molecule has 1 aliphatic carbocycles. The van der Waals surface area contributed by atoms with E-state index in [2.05, 4.69) is 75.9 Å². The summed E-state index contributed by atoms with van der Waals surface area (Å²) in [5, 5.41) is 0. The zero-order valence-electron chi connectivity index (χ0n) is 20.4. The number of rotatable bonds is 2. The zero-order chi connectivity index (χ0) is 23.6. The molecule has 2 aliphatic heterocycles. The number of pyridine rings is 1. The Labute approximate surface area is 227 Å². The molecule has 3 heterocycles. The van der Waals surface area contributed by atoms with Crippen LogP contribution >= 0.6 is 0 Å². The van der Waals surface area contributed by atoms with Gasteiger partial charge in [0.25, 0.3) is 0 Å². The third-order valence-electron chi connectivity index (χ3n) is 7.15. The normalized spacial score (nSPS) is 15.9. The zero-order valence-corrected chi connectivity index (χ0v) is 22.8. The van der Waals surface area contributed by atoms with Crippen LogP contribution in [0.3, 0.4) is 0 Å². The number of fused-ring (bicyclic) bond motifs is 2. The first kappa shape index (κ1) is 24.5. The number of nitrogens with zero attached hydrogens (tertiary/aromatic N) is 4. The van der Waals surface area contributed by atoms with Crippen molar-refractivity contribution < 1.29 is 20.1 Å². The van der Waals surface area contributed by atoms with Crippen LogP contribution in [0.25, 0.3) is 11.3 Å². The van der Waals surface area contributed by atoms with Crippen LogP contribution in [0.15, 0.2) is 85.1 Å². The fourth-order valence-electron chi connectivity index (χ4n) is 5.40. The number of benzene rings is 3. The summed E-state index contributed by atoms with van der Waals surface area (Å²) >= 11 is 0. The first-order valence-corrected chi connectivity index (χ1v) is 12.5. The number of aromatic nitrogens is 1. The van der Waals surface area contributed by atoms with Gasteiger partial charge >= 0.3 is 20.1 Å². The van der Waals surface area contributed by atoms with Crippen LogP contribution in [0.2, 0.25) is 0 Å². The van der Waals surface area contributed by atoms with Crippen molar-refractivity contribution in [3.63, 3.8) is 0 Å². The molecule has 0 atom stereocenters. The molecule has 4 nitrogen and oxygen atoms in total. The quantitative estimate of drug-likeness (QED) is 0.210. The van der Waals surface area contributed by atoms with E-state index in [0.29, 0.717) is 6.04 Å². The molecule has 1 fully saturated rings. The SMILES string of the molecule is CN1c2ccc[c-]c2N2[CH-]N(C3CCCCC3)c3cccc1c32.[Ir+3].[c-]1ccccc1-c1ccccn1. The van der Waals surface area contributed by atoms with E-state index in [0.717, 1.165) is 16.9 Å². The van der Waals surface area contributed by atoms with Crippen molar-refractivity contribution in [1.82, 2.24) is 4.98 Å². The monoisotopic (exact) mass is 650 g/mol. The van der Waals surface area contributed by atoms with E-state index >= 15 is 0 Å². The van der Waals surface area contributed by atoms with Crippen molar-refractivity contribution in [3.8, 4) is 11.3 Å². The summed E-state index contributed by atoms with van der Waals surface area (Å²) in [6, 6.07) is 33.8. The summed E-state index contributed by atoms with van der Waals surface area (Å²) in [6.07, 6.45) is 8.49. The van der Waals surface area contributed by atoms with Crippen LogP contribution in [-0.4, -0.2) is 18.1 Å². The van der Waals surface area contributed by atoms with Crippen molar-refractivity contribution in [2.75, 3.05) is 21.7 Å². The van der Waals surface area contributed by atoms with E-state index in [4.69, 9.17) is 0 Å². The summed E-state index contributed by atoms with van der Waals surface area (Å²) in [4.78, 5) is 11.4. The number of para-hydroxylation sites is 2. The molecular formula is C31H29IrN4. The Morgan fingerprint density at radius 3 is 2.36 bits per heavy atom. The van der Waals surface area contributed by atoms with Crippen molar-refractivity contribution in [2.24, 2.45) is 0 Å². The molecule has 1 saturated carbocycles. The summed E-state index contributed by atoms with van der Waals surface area (Å²) < 4.78 is 0. The molecule has 0 radical (unpaired) electrons. The molecule has 0 unspecified atom stereocenters. The third-order valence-corrected chi connectivity index (χ3v) is 7.15. The van der Waals surface area contributed by atoms with Gasteiger partial charge in [0.15, 0.2) is 0 Å². The molecule has 36 heavy (non-hydrogen) atoms. The van der Waals surface area contributed by atoms with E-state index in [9.17, 15) is 0 Å². The van der Waals surface area contributed by atoms with E-state index in [1.54, 1.807) is 6.20 Å². The molecule has 0 saturated heterocycles. The molecule has 3 aromatic carbocycles. The molecule has 5 heteroatoms. The molecule has 4 aromatic rings.